The molecular weight excluding hydrogens is 307 g/mol. The van der Waals surface area contributed by atoms with Crippen molar-refractivity contribution < 1.29 is 9.13 Å². The minimum Gasteiger partial charge on any atom is -0.481 e. The van der Waals surface area contributed by atoms with E-state index in [1.54, 1.807) is 19.2 Å². The van der Waals surface area contributed by atoms with Gasteiger partial charge in [0.05, 0.1) is 19.3 Å². The molecule has 128 valence electrons. The lowest BCUT2D eigenvalue weighted by Crippen LogP contribution is -2.38. The molecule has 0 amide bonds. The summed E-state index contributed by atoms with van der Waals surface area (Å²) < 4.78 is 18.4. The van der Waals surface area contributed by atoms with Crippen LogP contribution in [0.2, 0.25) is 0 Å². The number of guanidine groups is 1. The van der Waals surface area contributed by atoms with E-state index in [1.165, 1.54) is 12.1 Å². The fourth-order valence-electron chi connectivity index (χ4n) is 2.27. The van der Waals surface area contributed by atoms with Gasteiger partial charge in [-0.3, -0.25) is 0 Å². The van der Waals surface area contributed by atoms with Crippen molar-refractivity contribution >= 4 is 5.96 Å². The molecule has 0 unspecified atom stereocenters. The molecule has 0 atom stereocenters. The van der Waals surface area contributed by atoms with Gasteiger partial charge in [-0.1, -0.05) is 18.2 Å². The Kier molecular flexibility index (Phi) is 6.54. The molecule has 0 aliphatic carbocycles. The molecule has 0 aliphatic rings. The summed E-state index contributed by atoms with van der Waals surface area (Å²) in [6, 6.07) is 12.2. The molecule has 0 fully saturated rings. The Bertz CT molecular complexity index is 690. The molecule has 1 aromatic carbocycles. The average Bonchev–Trinajstić information content (AvgIpc) is 2.58. The van der Waals surface area contributed by atoms with Crippen molar-refractivity contribution in [3.05, 3.63) is 59.5 Å². The summed E-state index contributed by atoms with van der Waals surface area (Å²) in [4.78, 5) is 10.9. The molecule has 1 heterocycles. The van der Waals surface area contributed by atoms with Gasteiger partial charge in [0.25, 0.3) is 0 Å². The molecular formula is C18H23FN4O. The quantitative estimate of drug-likeness (QED) is 0.654. The van der Waals surface area contributed by atoms with Crippen LogP contribution >= 0.6 is 0 Å². The third-order valence-electron chi connectivity index (χ3n) is 3.39. The highest BCUT2D eigenvalue weighted by Gasteiger charge is 2.07. The minimum absolute atomic E-state index is 0.233. The molecule has 2 rings (SSSR count). The Morgan fingerprint density at radius 2 is 2.08 bits per heavy atom. The smallest absolute Gasteiger partial charge is 0.213 e. The van der Waals surface area contributed by atoms with E-state index in [9.17, 15) is 4.39 Å². The standard InChI is InChI=1S/C18H23FN4O/c1-4-20-18(21-12-16-9-6-10-17(22-16)24-3)23(2)13-14-7-5-8-15(19)11-14/h5-11H,4,12-13H2,1-3H3,(H,20,21). The van der Waals surface area contributed by atoms with Crippen molar-refractivity contribution in [3.8, 4) is 5.88 Å². The molecule has 0 aliphatic heterocycles. The summed E-state index contributed by atoms with van der Waals surface area (Å²) in [5, 5.41) is 3.24. The van der Waals surface area contributed by atoms with Crippen LogP contribution < -0.4 is 10.1 Å². The molecule has 6 heteroatoms. The molecule has 0 bridgehead atoms. The zero-order valence-electron chi connectivity index (χ0n) is 14.3. The first kappa shape index (κ1) is 17.7. The van der Waals surface area contributed by atoms with E-state index >= 15 is 0 Å². The normalized spacial score (nSPS) is 11.2. The number of rotatable bonds is 6. The van der Waals surface area contributed by atoms with Crippen LogP contribution in [0.3, 0.4) is 0 Å². The van der Waals surface area contributed by atoms with Gasteiger partial charge in [0.1, 0.15) is 5.82 Å². The van der Waals surface area contributed by atoms with Crippen LogP contribution in [0, 0.1) is 5.82 Å². The number of hydrogen-bond donors (Lipinski definition) is 1. The number of hydrogen-bond acceptors (Lipinski definition) is 3. The molecule has 0 radical (unpaired) electrons. The Morgan fingerprint density at radius 3 is 2.79 bits per heavy atom. The van der Waals surface area contributed by atoms with Crippen molar-refractivity contribution in [1.82, 2.24) is 15.2 Å². The van der Waals surface area contributed by atoms with Crippen LogP contribution in [0.25, 0.3) is 0 Å². The molecule has 2 aromatic rings. The summed E-state index contributed by atoms with van der Waals surface area (Å²) in [5.41, 5.74) is 1.71. The van der Waals surface area contributed by atoms with Crippen LogP contribution in [0.1, 0.15) is 18.2 Å². The van der Waals surface area contributed by atoms with Crippen LogP contribution in [-0.4, -0.2) is 36.5 Å². The van der Waals surface area contributed by atoms with Gasteiger partial charge in [0.2, 0.25) is 5.88 Å². The number of aliphatic imine (C=N–C) groups is 1. The third-order valence-corrected chi connectivity index (χ3v) is 3.39. The van der Waals surface area contributed by atoms with Crippen molar-refractivity contribution in [2.75, 3.05) is 20.7 Å². The van der Waals surface area contributed by atoms with E-state index < -0.39 is 0 Å². The second-order valence-corrected chi connectivity index (χ2v) is 5.33. The van der Waals surface area contributed by atoms with E-state index in [2.05, 4.69) is 15.3 Å². The van der Waals surface area contributed by atoms with Crippen LogP contribution in [0.5, 0.6) is 5.88 Å². The van der Waals surface area contributed by atoms with Crippen molar-refractivity contribution in [2.24, 2.45) is 4.99 Å². The van der Waals surface area contributed by atoms with Gasteiger partial charge in [0, 0.05) is 26.2 Å². The summed E-state index contributed by atoms with van der Waals surface area (Å²) >= 11 is 0. The van der Waals surface area contributed by atoms with Gasteiger partial charge in [-0.15, -0.1) is 0 Å². The van der Waals surface area contributed by atoms with Gasteiger partial charge in [-0.05, 0) is 30.7 Å². The summed E-state index contributed by atoms with van der Waals surface area (Å²) in [6.07, 6.45) is 0. The maximum Gasteiger partial charge on any atom is 0.213 e. The monoisotopic (exact) mass is 330 g/mol. The molecule has 1 aromatic heterocycles. The van der Waals surface area contributed by atoms with Gasteiger partial charge >= 0.3 is 0 Å². The highest BCUT2D eigenvalue weighted by atomic mass is 19.1. The Labute approximate surface area is 142 Å². The number of halogens is 1. The van der Waals surface area contributed by atoms with E-state index in [4.69, 9.17) is 4.74 Å². The Morgan fingerprint density at radius 1 is 1.29 bits per heavy atom. The van der Waals surface area contributed by atoms with Crippen LogP contribution in [0.4, 0.5) is 4.39 Å². The fraction of sp³-hybridized carbons (Fsp3) is 0.333. The van der Waals surface area contributed by atoms with Gasteiger partial charge in [-0.2, -0.15) is 0 Å². The number of nitrogens with one attached hydrogen (secondary N) is 1. The van der Waals surface area contributed by atoms with Gasteiger partial charge < -0.3 is 15.0 Å². The topological polar surface area (TPSA) is 49.8 Å². The van der Waals surface area contributed by atoms with Crippen LogP contribution in [0.15, 0.2) is 47.5 Å². The number of benzene rings is 1. The van der Waals surface area contributed by atoms with E-state index in [-0.39, 0.29) is 5.82 Å². The number of pyridine rings is 1. The lowest BCUT2D eigenvalue weighted by Gasteiger charge is -2.22. The van der Waals surface area contributed by atoms with E-state index in [1.807, 2.05) is 37.1 Å². The molecule has 1 N–H and O–H groups in total. The first-order valence-electron chi connectivity index (χ1n) is 7.86. The summed E-state index contributed by atoms with van der Waals surface area (Å²) in [7, 11) is 3.51. The highest BCUT2D eigenvalue weighted by Crippen LogP contribution is 2.09. The first-order valence-corrected chi connectivity index (χ1v) is 7.86. The maximum absolute atomic E-state index is 13.3. The zero-order chi connectivity index (χ0) is 17.4. The number of ether oxygens (including phenoxy) is 1. The van der Waals surface area contributed by atoms with Gasteiger partial charge in [-0.25, -0.2) is 14.4 Å². The molecule has 0 saturated heterocycles. The molecule has 0 saturated carbocycles. The first-order chi connectivity index (χ1) is 11.6. The fourth-order valence-corrected chi connectivity index (χ4v) is 2.27. The van der Waals surface area contributed by atoms with E-state index in [0.717, 1.165) is 23.8 Å². The number of nitrogens with zero attached hydrogens (tertiary/aromatic N) is 3. The van der Waals surface area contributed by atoms with E-state index in [0.29, 0.717) is 19.0 Å². The predicted molar refractivity (Wildman–Crippen MR) is 93.5 cm³/mol. The largest absolute Gasteiger partial charge is 0.481 e. The van der Waals surface area contributed by atoms with Crippen LogP contribution in [-0.2, 0) is 13.1 Å². The maximum atomic E-state index is 13.3. The van der Waals surface area contributed by atoms with Gasteiger partial charge in [0.15, 0.2) is 5.96 Å². The summed E-state index contributed by atoms with van der Waals surface area (Å²) in [5.74, 6) is 1.08. The average molecular weight is 330 g/mol. The molecule has 0 spiro atoms. The highest BCUT2D eigenvalue weighted by molar-refractivity contribution is 5.79. The second-order valence-electron chi connectivity index (χ2n) is 5.33. The van der Waals surface area contributed by atoms with Crippen molar-refractivity contribution in [1.29, 1.82) is 0 Å². The Balaban J connectivity index is 2.08. The number of methoxy groups -OCH3 is 1. The number of aromatic nitrogens is 1. The molecule has 5 nitrogen and oxygen atoms in total. The lowest BCUT2D eigenvalue weighted by atomic mass is 10.2. The molecule has 24 heavy (non-hydrogen) atoms. The Hall–Kier alpha value is -2.63. The van der Waals surface area contributed by atoms with Crippen molar-refractivity contribution in [2.45, 2.75) is 20.0 Å². The SMILES string of the molecule is CCNC(=NCc1cccc(OC)n1)N(C)Cc1cccc(F)c1. The summed E-state index contributed by atoms with van der Waals surface area (Å²) in [6.45, 7) is 3.76. The predicted octanol–water partition coefficient (Wildman–Crippen LogP) is 2.83. The second kappa shape index (κ2) is 8.86. The third kappa shape index (κ3) is 5.22. The lowest BCUT2D eigenvalue weighted by molar-refractivity contribution is 0.396. The van der Waals surface area contributed by atoms with Crippen molar-refractivity contribution in [3.63, 3.8) is 0 Å². The minimum atomic E-state index is -0.233. The zero-order valence-corrected chi connectivity index (χ0v) is 14.3.